The van der Waals surface area contributed by atoms with Crippen molar-refractivity contribution in [2.45, 2.75) is 39.2 Å². The van der Waals surface area contributed by atoms with Crippen LogP contribution < -0.4 is 11.1 Å². The van der Waals surface area contributed by atoms with Crippen molar-refractivity contribution in [3.05, 3.63) is 24.5 Å². The molecule has 1 aliphatic carbocycles. The molecule has 4 heteroatoms. The second-order valence-electron chi connectivity index (χ2n) is 6.08. The fourth-order valence-corrected chi connectivity index (χ4v) is 2.95. The van der Waals surface area contributed by atoms with Crippen LogP contribution in [-0.2, 0) is 0 Å². The molecule has 1 saturated carbocycles. The van der Waals surface area contributed by atoms with E-state index in [0.717, 1.165) is 22.4 Å². The van der Waals surface area contributed by atoms with E-state index in [9.17, 15) is 0 Å². The largest absolute Gasteiger partial charge is 0.399 e. The number of nitrogen functional groups attached to an aromatic ring is 1. The molecule has 2 aromatic rings. The van der Waals surface area contributed by atoms with E-state index in [4.69, 9.17) is 5.73 Å². The lowest BCUT2D eigenvalue weighted by molar-refractivity contribution is 0.349. The Labute approximate surface area is 113 Å². The minimum atomic E-state index is 0.324. The second kappa shape index (κ2) is 4.37. The molecule has 1 heterocycles. The van der Waals surface area contributed by atoms with Crippen molar-refractivity contribution < 1.29 is 0 Å². The minimum absolute atomic E-state index is 0.324. The Hall–Kier alpha value is -1.84. The van der Waals surface area contributed by atoms with Gasteiger partial charge in [-0.15, -0.1) is 0 Å². The Kier molecular flexibility index (Phi) is 2.81. The van der Waals surface area contributed by atoms with Crippen LogP contribution in [0, 0.1) is 5.41 Å². The smallest absolute Gasteiger partial charge is 0.137 e. The van der Waals surface area contributed by atoms with Crippen LogP contribution in [0.15, 0.2) is 24.5 Å². The number of hydrogen-bond donors (Lipinski definition) is 2. The van der Waals surface area contributed by atoms with Crippen molar-refractivity contribution in [1.29, 1.82) is 0 Å². The highest BCUT2D eigenvalue weighted by atomic mass is 15.1. The summed E-state index contributed by atoms with van der Waals surface area (Å²) in [6, 6.07) is 6.26. The molecule has 0 bridgehead atoms. The van der Waals surface area contributed by atoms with Gasteiger partial charge in [-0.3, -0.25) is 0 Å². The Morgan fingerprint density at radius 2 is 2.16 bits per heavy atom. The first-order valence-corrected chi connectivity index (χ1v) is 6.83. The number of anilines is 2. The van der Waals surface area contributed by atoms with E-state index < -0.39 is 0 Å². The van der Waals surface area contributed by atoms with Crippen molar-refractivity contribution in [2.75, 3.05) is 11.1 Å². The lowest BCUT2D eigenvalue weighted by atomic mass is 9.87. The van der Waals surface area contributed by atoms with Crippen molar-refractivity contribution in [3.8, 4) is 0 Å². The van der Waals surface area contributed by atoms with Gasteiger partial charge >= 0.3 is 0 Å². The third-order valence-electron chi connectivity index (χ3n) is 4.23. The molecule has 0 saturated heterocycles. The Morgan fingerprint density at radius 3 is 2.89 bits per heavy atom. The number of nitrogens with one attached hydrogen (secondary N) is 1. The highest BCUT2D eigenvalue weighted by Crippen LogP contribution is 2.39. The summed E-state index contributed by atoms with van der Waals surface area (Å²) in [5, 5.41) is 4.64. The van der Waals surface area contributed by atoms with Gasteiger partial charge in [0.2, 0.25) is 0 Å². The number of nitrogens with two attached hydrogens (primary N) is 1. The van der Waals surface area contributed by atoms with Gasteiger partial charge in [0.25, 0.3) is 0 Å². The zero-order valence-electron chi connectivity index (χ0n) is 11.5. The highest BCUT2D eigenvalue weighted by molar-refractivity contribution is 5.90. The number of fused-ring (bicyclic) bond motifs is 1. The molecule has 1 atom stereocenters. The molecule has 4 nitrogen and oxygen atoms in total. The van der Waals surface area contributed by atoms with Crippen molar-refractivity contribution in [3.63, 3.8) is 0 Å². The first-order chi connectivity index (χ1) is 9.06. The van der Waals surface area contributed by atoms with E-state index in [1.54, 1.807) is 6.33 Å². The van der Waals surface area contributed by atoms with Crippen LogP contribution in [0.3, 0.4) is 0 Å². The number of aromatic nitrogens is 2. The van der Waals surface area contributed by atoms with Crippen LogP contribution >= 0.6 is 0 Å². The molecule has 0 aliphatic heterocycles. The maximum Gasteiger partial charge on any atom is 0.137 e. The molecule has 3 N–H and O–H groups in total. The number of rotatable bonds is 2. The standard InChI is InChI=1S/C15H20N4/c1-15(2)7-3-4-13(15)19-14-11-6-5-10(16)8-12(11)17-9-18-14/h5-6,8-9,13H,3-4,7,16H2,1-2H3,(H,17,18,19). The zero-order chi connectivity index (χ0) is 13.5. The van der Waals surface area contributed by atoms with Gasteiger partial charge in [-0.2, -0.15) is 0 Å². The maximum atomic E-state index is 5.80. The molecule has 1 aliphatic rings. The van der Waals surface area contributed by atoms with E-state index in [2.05, 4.69) is 29.1 Å². The summed E-state index contributed by atoms with van der Waals surface area (Å²) in [6.07, 6.45) is 5.35. The third kappa shape index (κ3) is 2.23. The molecule has 3 rings (SSSR count). The van der Waals surface area contributed by atoms with Crippen LogP contribution in [0.2, 0.25) is 0 Å². The monoisotopic (exact) mass is 256 g/mol. The van der Waals surface area contributed by atoms with Crippen molar-refractivity contribution in [2.24, 2.45) is 5.41 Å². The zero-order valence-corrected chi connectivity index (χ0v) is 11.5. The van der Waals surface area contributed by atoms with Gasteiger partial charge in [0.1, 0.15) is 12.1 Å². The Bertz CT molecular complexity index is 606. The van der Waals surface area contributed by atoms with Crippen LogP contribution in [0.25, 0.3) is 10.9 Å². The van der Waals surface area contributed by atoms with E-state index in [1.165, 1.54) is 19.3 Å². The topological polar surface area (TPSA) is 63.8 Å². The molecule has 1 aromatic heterocycles. The average molecular weight is 256 g/mol. The lowest BCUT2D eigenvalue weighted by Gasteiger charge is -2.28. The summed E-state index contributed by atoms with van der Waals surface area (Å²) >= 11 is 0. The minimum Gasteiger partial charge on any atom is -0.399 e. The first kappa shape index (κ1) is 12.2. The van der Waals surface area contributed by atoms with Gasteiger partial charge < -0.3 is 11.1 Å². The van der Waals surface area contributed by atoms with Gasteiger partial charge in [0.15, 0.2) is 0 Å². The van der Waals surface area contributed by atoms with E-state index >= 15 is 0 Å². The molecule has 1 unspecified atom stereocenters. The number of nitrogens with zero attached hydrogens (tertiary/aromatic N) is 2. The fourth-order valence-electron chi connectivity index (χ4n) is 2.95. The molecule has 1 fully saturated rings. The Balaban J connectivity index is 1.97. The second-order valence-corrected chi connectivity index (χ2v) is 6.08. The molecule has 100 valence electrons. The van der Waals surface area contributed by atoms with Crippen LogP contribution in [-0.4, -0.2) is 16.0 Å². The molecule has 19 heavy (non-hydrogen) atoms. The summed E-state index contributed by atoms with van der Waals surface area (Å²) in [5.74, 6) is 0.921. The molecular formula is C15H20N4. The number of hydrogen-bond acceptors (Lipinski definition) is 4. The molecule has 1 aromatic carbocycles. The van der Waals surface area contributed by atoms with Gasteiger partial charge in [-0.1, -0.05) is 20.3 Å². The van der Waals surface area contributed by atoms with Gasteiger partial charge in [-0.05, 0) is 36.5 Å². The first-order valence-electron chi connectivity index (χ1n) is 6.83. The van der Waals surface area contributed by atoms with E-state index in [0.29, 0.717) is 11.5 Å². The average Bonchev–Trinajstić information content (AvgIpc) is 2.69. The summed E-state index contributed by atoms with van der Waals surface area (Å²) in [7, 11) is 0. The van der Waals surface area contributed by atoms with E-state index in [-0.39, 0.29) is 0 Å². The van der Waals surface area contributed by atoms with Crippen LogP contribution in [0.5, 0.6) is 0 Å². The number of benzene rings is 1. The predicted octanol–water partition coefficient (Wildman–Crippen LogP) is 3.20. The van der Waals surface area contributed by atoms with Crippen molar-refractivity contribution in [1.82, 2.24) is 9.97 Å². The van der Waals surface area contributed by atoms with Gasteiger partial charge in [-0.25, -0.2) is 9.97 Å². The molecular weight excluding hydrogens is 236 g/mol. The predicted molar refractivity (Wildman–Crippen MR) is 79.0 cm³/mol. The van der Waals surface area contributed by atoms with Crippen LogP contribution in [0.4, 0.5) is 11.5 Å². The quantitative estimate of drug-likeness (QED) is 0.810. The fraction of sp³-hybridized carbons (Fsp3) is 0.467. The lowest BCUT2D eigenvalue weighted by Crippen LogP contribution is -2.31. The summed E-state index contributed by atoms with van der Waals surface area (Å²) in [5.41, 5.74) is 7.76. The maximum absolute atomic E-state index is 5.80. The van der Waals surface area contributed by atoms with Gasteiger partial charge in [0.05, 0.1) is 5.52 Å². The molecule has 0 radical (unpaired) electrons. The molecule has 0 amide bonds. The molecule has 0 spiro atoms. The van der Waals surface area contributed by atoms with Crippen molar-refractivity contribution >= 4 is 22.4 Å². The highest BCUT2D eigenvalue weighted by Gasteiger charge is 2.34. The summed E-state index contributed by atoms with van der Waals surface area (Å²) in [4.78, 5) is 8.69. The third-order valence-corrected chi connectivity index (χ3v) is 4.23. The van der Waals surface area contributed by atoms with Gasteiger partial charge in [0, 0.05) is 17.1 Å². The summed E-state index contributed by atoms with van der Waals surface area (Å²) < 4.78 is 0. The SMILES string of the molecule is CC1(C)CCCC1Nc1ncnc2cc(N)ccc12. The normalized spacial score (nSPS) is 21.7. The van der Waals surface area contributed by atoms with Crippen LogP contribution in [0.1, 0.15) is 33.1 Å². The summed E-state index contributed by atoms with van der Waals surface area (Å²) in [6.45, 7) is 4.64. The Morgan fingerprint density at radius 1 is 1.32 bits per heavy atom. The van der Waals surface area contributed by atoms with E-state index in [1.807, 2.05) is 18.2 Å².